The number of rotatable bonds is 5. The van der Waals surface area contributed by atoms with Gasteiger partial charge < -0.3 is 20.9 Å². The zero-order valence-electron chi connectivity index (χ0n) is 14.5. The van der Waals surface area contributed by atoms with Crippen molar-refractivity contribution in [3.05, 3.63) is 36.2 Å². The van der Waals surface area contributed by atoms with Gasteiger partial charge in [0.15, 0.2) is 0 Å². The number of ether oxygens (including phenoxy) is 2. The summed E-state index contributed by atoms with van der Waals surface area (Å²) in [5.41, 5.74) is 15.9. The van der Waals surface area contributed by atoms with Crippen LogP contribution in [0.1, 0.15) is 38.9 Å². The topological polar surface area (TPSA) is 83.4 Å². The van der Waals surface area contributed by atoms with E-state index in [2.05, 4.69) is 18.8 Å². The van der Waals surface area contributed by atoms with Gasteiger partial charge >= 0.3 is 0 Å². The van der Waals surface area contributed by atoms with E-state index in [1.807, 2.05) is 31.3 Å². The number of aromatic nitrogens is 1. The lowest BCUT2D eigenvalue weighted by atomic mass is 9.94. The van der Waals surface area contributed by atoms with E-state index >= 15 is 0 Å². The van der Waals surface area contributed by atoms with Crippen molar-refractivity contribution >= 4 is 5.69 Å². The molecule has 2 heterocycles. The molecule has 0 spiro atoms. The van der Waals surface area contributed by atoms with Gasteiger partial charge in [-0.25, -0.2) is 0 Å². The molecule has 24 heavy (non-hydrogen) atoms. The quantitative estimate of drug-likeness (QED) is 0.877. The predicted molar refractivity (Wildman–Crippen MR) is 96.1 cm³/mol. The average Bonchev–Trinajstić information content (AvgIpc) is 2.52. The Labute approximate surface area is 143 Å². The maximum atomic E-state index is 6.14. The molecule has 0 amide bonds. The number of pyridine rings is 1. The first-order valence-electron chi connectivity index (χ1n) is 8.38. The van der Waals surface area contributed by atoms with E-state index in [0.717, 1.165) is 34.6 Å². The summed E-state index contributed by atoms with van der Waals surface area (Å²) >= 11 is 0. The Balaban J connectivity index is 1.83. The van der Waals surface area contributed by atoms with Crippen LogP contribution in [0.5, 0.6) is 11.5 Å². The van der Waals surface area contributed by atoms with Gasteiger partial charge in [0.2, 0.25) is 0 Å². The second-order valence-corrected chi connectivity index (χ2v) is 6.81. The van der Waals surface area contributed by atoms with Gasteiger partial charge in [-0.2, -0.15) is 0 Å². The Morgan fingerprint density at radius 3 is 2.83 bits per heavy atom. The summed E-state index contributed by atoms with van der Waals surface area (Å²) in [4.78, 5) is 4.17. The Morgan fingerprint density at radius 2 is 2.08 bits per heavy atom. The van der Waals surface area contributed by atoms with Crippen LogP contribution in [-0.2, 0) is 0 Å². The summed E-state index contributed by atoms with van der Waals surface area (Å²) in [6.45, 7) is 6.81. The Morgan fingerprint density at radius 1 is 1.29 bits per heavy atom. The first kappa shape index (κ1) is 16.6. The van der Waals surface area contributed by atoms with Crippen molar-refractivity contribution in [3.63, 3.8) is 0 Å². The van der Waals surface area contributed by atoms with Crippen molar-refractivity contribution in [3.8, 4) is 22.6 Å². The van der Waals surface area contributed by atoms with Gasteiger partial charge in [0, 0.05) is 35.0 Å². The van der Waals surface area contributed by atoms with Crippen molar-refractivity contribution < 1.29 is 9.47 Å². The van der Waals surface area contributed by atoms with Crippen LogP contribution in [0, 0.1) is 5.92 Å². The third kappa shape index (κ3) is 3.31. The van der Waals surface area contributed by atoms with E-state index in [0.29, 0.717) is 18.2 Å². The number of nitrogen functional groups attached to an aromatic ring is 1. The average molecular weight is 327 g/mol. The molecule has 0 fully saturated rings. The molecule has 1 aromatic carbocycles. The summed E-state index contributed by atoms with van der Waals surface area (Å²) in [7, 11) is 0. The van der Waals surface area contributed by atoms with E-state index in [1.54, 1.807) is 6.20 Å². The molecular formula is C19H25N3O2. The molecule has 0 saturated heterocycles. The van der Waals surface area contributed by atoms with Gasteiger partial charge in [0.1, 0.15) is 24.2 Å². The van der Waals surface area contributed by atoms with Crippen molar-refractivity contribution in [1.29, 1.82) is 0 Å². The maximum absolute atomic E-state index is 6.14. The monoisotopic (exact) mass is 327 g/mol. The number of benzene rings is 1. The Hall–Kier alpha value is -2.27. The molecule has 3 rings (SSSR count). The standard InChI is InChI=1S/C19H25N3O2/c1-11(2)6-13(20)10-23-14-4-5-15-18(7-14)24-12(3)16-8-22-9-17(21)19(15)16/h4-5,7-9,11-13H,6,10,20-21H2,1-3H3/t12?,13-/m1/s1. The van der Waals surface area contributed by atoms with Crippen molar-refractivity contribution in [2.75, 3.05) is 12.3 Å². The molecule has 1 aliphatic heterocycles. The SMILES string of the molecule is CC(C)C[C@@H](N)COc1ccc2c(c1)OC(C)c1cncc(N)c1-2. The van der Waals surface area contributed by atoms with Gasteiger partial charge in [0.25, 0.3) is 0 Å². The van der Waals surface area contributed by atoms with E-state index in [1.165, 1.54) is 0 Å². The lowest BCUT2D eigenvalue weighted by molar-refractivity contribution is 0.220. The second-order valence-electron chi connectivity index (χ2n) is 6.81. The minimum absolute atomic E-state index is 0.0309. The first-order valence-corrected chi connectivity index (χ1v) is 8.38. The predicted octanol–water partition coefficient (Wildman–Crippen LogP) is 3.54. The van der Waals surface area contributed by atoms with E-state index in [4.69, 9.17) is 20.9 Å². The molecule has 1 unspecified atom stereocenters. The Kier molecular flexibility index (Phi) is 4.62. The molecule has 2 atom stereocenters. The van der Waals surface area contributed by atoms with Crippen LogP contribution in [0.4, 0.5) is 5.69 Å². The zero-order valence-corrected chi connectivity index (χ0v) is 14.5. The zero-order chi connectivity index (χ0) is 17.3. The highest BCUT2D eigenvalue weighted by atomic mass is 16.5. The number of nitrogens with zero attached hydrogens (tertiary/aromatic N) is 1. The number of hydrogen-bond donors (Lipinski definition) is 2. The fourth-order valence-corrected chi connectivity index (χ4v) is 3.14. The molecule has 2 aromatic rings. The van der Waals surface area contributed by atoms with Gasteiger partial charge in [-0.05, 0) is 31.4 Å². The van der Waals surface area contributed by atoms with Crippen LogP contribution in [0.25, 0.3) is 11.1 Å². The highest BCUT2D eigenvalue weighted by Gasteiger charge is 2.25. The van der Waals surface area contributed by atoms with E-state index < -0.39 is 0 Å². The van der Waals surface area contributed by atoms with Crippen molar-refractivity contribution in [2.45, 2.75) is 39.3 Å². The Bertz CT molecular complexity index is 731. The third-order valence-corrected chi connectivity index (χ3v) is 4.21. The van der Waals surface area contributed by atoms with Crippen molar-refractivity contribution in [2.24, 2.45) is 11.7 Å². The molecule has 1 aliphatic rings. The van der Waals surface area contributed by atoms with E-state index in [9.17, 15) is 0 Å². The summed E-state index contributed by atoms with van der Waals surface area (Å²) in [6, 6.07) is 5.86. The molecule has 128 valence electrons. The first-order chi connectivity index (χ1) is 11.5. The van der Waals surface area contributed by atoms with Gasteiger partial charge in [-0.1, -0.05) is 13.8 Å². The third-order valence-electron chi connectivity index (χ3n) is 4.21. The molecule has 0 bridgehead atoms. The highest BCUT2D eigenvalue weighted by molar-refractivity contribution is 5.84. The van der Waals surface area contributed by atoms with Crippen LogP contribution in [0.3, 0.4) is 0 Å². The molecule has 0 aliphatic carbocycles. The van der Waals surface area contributed by atoms with Gasteiger partial charge in [-0.15, -0.1) is 0 Å². The minimum atomic E-state index is -0.0954. The second kappa shape index (κ2) is 6.69. The number of fused-ring (bicyclic) bond motifs is 3. The lowest BCUT2D eigenvalue weighted by Gasteiger charge is -2.27. The van der Waals surface area contributed by atoms with Crippen LogP contribution in [0.2, 0.25) is 0 Å². The smallest absolute Gasteiger partial charge is 0.131 e. The molecule has 4 N–H and O–H groups in total. The van der Waals surface area contributed by atoms with Gasteiger partial charge in [0.05, 0.1) is 11.9 Å². The number of nitrogens with two attached hydrogens (primary N) is 2. The summed E-state index contributed by atoms with van der Waals surface area (Å²) in [6.07, 6.45) is 4.34. The van der Waals surface area contributed by atoms with Crippen LogP contribution in [-0.4, -0.2) is 17.6 Å². The highest BCUT2D eigenvalue weighted by Crippen LogP contribution is 2.45. The van der Waals surface area contributed by atoms with Gasteiger partial charge in [-0.3, -0.25) is 4.98 Å². The van der Waals surface area contributed by atoms with Crippen LogP contribution < -0.4 is 20.9 Å². The van der Waals surface area contributed by atoms with Crippen LogP contribution >= 0.6 is 0 Å². The molecule has 0 saturated carbocycles. The normalized spacial score (nSPS) is 17.0. The summed E-state index contributed by atoms with van der Waals surface area (Å²) < 4.78 is 11.9. The molecule has 1 aromatic heterocycles. The molecular weight excluding hydrogens is 302 g/mol. The molecule has 5 nitrogen and oxygen atoms in total. The van der Waals surface area contributed by atoms with E-state index in [-0.39, 0.29) is 12.1 Å². The maximum Gasteiger partial charge on any atom is 0.131 e. The van der Waals surface area contributed by atoms with Crippen molar-refractivity contribution in [1.82, 2.24) is 4.98 Å². The number of anilines is 1. The summed E-state index contributed by atoms with van der Waals surface area (Å²) in [5.74, 6) is 2.10. The summed E-state index contributed by atoms with van der Waals surface area (Å²) in [5, 5.41) is 0. The fraction of sp³-hybridized carbons (Fsp3) is 0.421. The molecule has 5 heteroatoms. The van der Waals surface area contributed by atoms with Crippen LogP contribution in [0.15, 0.2) is 30.6 Å². The fourth-order valence-electron chi connectivity index (χ4n) is 3.14. The number of hydrogen-bond acceptors (Lipinski definition) is 5. The lowest BCUT2D eigenvalue weighted by Crippen LogP contribution is -2.29. The largest absolute Gasteiger partial charge is 0.492 e. The minimum Gasteiger partial charge on any atom is -0.492 e. The molecule has 0 radical (unpaired) electrons.